The molecule has 0 spiro atoms. The van der Waals surface area contributed by atoms with Crippen LogP contribution in [0.3, 0.4) is 0 Å². The summed E-state index contributed by atoms with van der Waals surface area (Å²) >= 11 is 1.19. The van der Waals surface area contributed by atoms with E-state index in [4.69, 9.17) is 9.47 Å². The maximum atomic E-state index is 12.4. The van der Waals surface area contributed by atoms with Gasteiger partial charge in [0.1, 0.15) is 11.5 Å². The van der Waals surface area contributed by atoms with Crippen molar-refractivity contribution in [3.05, 3.63) is 153 Å². The van der Waals surface area contributed by atoms with E-state index in [-0.39, 0.29) is 6.07 Å². The summed E-state index contributed by atoms with van der Waals surface area (Å²) in [7, 11) is 0. The first-order chi connectivity index (χ1) is 25.8. The van der Waals surface area contributed by atoms with Crippen molar-refractivity contribution >= 4 is 46.9 Å². The zero-order valence-corrected chi connectivity index (χ0v) is 32.5. The highest BCUT2D eigenvalue weighted by Crippen LogP contribution is 2.20. The van der Waals surface area contributed by atoms with E-state index in [1.807, 2.05) is 48.5 Å². The molecule has 280 valence electrons. The van der Waals surface area contributed by atoms with Gasteiger partial charge in [0.2, 0.25) is 0 Å². The monoisotopic (exact) mass is 838 g/mol. The van der Waals surface area contributed by atoms with Crippen LogP contribution in [0.15, 0.2) is 104 Å². The molecule has 53 heavy (non-hydrogen) atoms. The quantitative estimate of drug-likeness (QED) is 0.0326. The molecule has 0 bridgehead atoms. The van der Waals surface area contributed by atoms with Crippen LogP contribution in [0.4, 0.5) is 17.6 Å². The topological polar surface area (TPSA) is 44.2 Å². The number of pyridine rings is 2. The van der Waals surface area contributed by atoms with Crippen LogP contribution in [-0.2, 0) is 0 Å². The highest BCUT2D eigenvalue weighted by Gasteiger charge is 2.16. The molecule has 0 fully saturated rings. The van der Waals surface area contributed by atoms with E-state index in [1.165, 1.54) is 72.2 Å². The molecule has 0 aliphatic heterocycles. The molecule has 5 aromatic rings. The van der Waals surface area contributed by atoms with Crippen LogP contribution < -0.4 is 9.47 Å². The molecule has 2 aromatic heterocycles. The number of hydrogen-bond donors (Lipinski definition) is 0. The molecule has 4 nitrogen and oxygen atoms in total. The fourth-order valence-corrected chi connectivity index (χ4v) is 5.18. The molecule has 2 heterocycles. The van der Waals surface area contributed by atoms with E-state index >= 15 is 0 Å². The van der Waals surface area contributed by atoms with Gasteiger partial charge in [-0.2, -0.15) is 0 Å². The van der Waals surface area contributed by atoms with Gasteiger partial charge >= 0.3 is 0 Å². The second kappa shape index (κ2) is 25.5. The average Bonchev–Trinajstić information content (AvgIpc) is 3.20. The fourth-order valence-electron chi connectivity index (χ4n) is 4.67. The van der Waals surface area contributed by atoms with Gasteiger partial charge < -0.3 is 9.47 Å². The third-order valence-corrected chi connectivity index (χ3v) is 8.65. The molecule has 0 radical (unpaired) electrons. The largest absolute Gasteiger partial charge is 0.494 e. The number of aromatic nitrogens is 2. The Morgan fingerprint density at radius 3 is 1.17 bits per heavy atom. The van der Waals surface area contributed by atoms with Crippen molar-refractivity contribution in [3.8, 4) is 11.5 Å². The third-order valence-electron chi connectivity index (χ3n) is 7.70. The molecule has 5 rings (SSSR count). The molecule has 0 atom stereocenters. The molecule has 0 saturated carbocycles. The first kappa shape index (κ1) is 42.9. The van der Waals surface area contributed by atoms with Crippen molar-refractivity contribution in [1.82, 2.24) is 9.97 Å². The van der Waals surface area contributed by atoms with E-state index in [9.17, 15) is 17.6 Å². The molecular formula is C44H47F4IN2O2. The summed E-state index contributed by atoms with van der Waals surface area (Å²) in [6.07, 6.45) is 25.5. The molecule has 0 aliphatic rings. The standard InChI is InChI=1S/2C19H23NO.C6HF4I/c2*1-2-3-4-5-16-21-19-10-8-17(9-11-19)6-7-18-12-14-20-15-13-18;7-2-1-3(8)5(10)6(11)4(2)9/h2*6-15H,2-5,16H2,1H3;1H/b2*7-6+;. The number of nitrogens with zero attached hydrogens (tertiary/aromatic N) is 2. The lowest BCUT2D eigenvalue weighted by Gasteiger charge is -2.06. The molecular weight excluding hydrogens is 791 g/mol. The minimum absolute atomic E-state index is 0.173. The van der Waals surface area contributed by atoms with E-state index < -0.39 is 26.8 Å². The summed E-state index contributed by atoms with van der Waals surface area (Å²) in [5.74, 6) is -3.57. The Hall–Kier alpha value is -4.51. The normalized spacial score (nSPS) is 10.8. The average molecular weight is 839 g/mol. The third kappa shape index (κ3) is 17.2. The summed E-state index contributed by atoms with van der Waals surface area (Å²) in [6.45, 7) is 6.07. The molecule has 0 N–H and O–H groups in total. The van der Waals surface area contributed by atoms with Crippen molar-refractivity contribution in [1.29, 1.82) is 0 Å². The Morgan fingerprint density at radius 2 is 0.830 bits per heavy atom. The smallest absolute Gasteiger partial charge is 0.175 e. The minimum atomic E-state index is -1.38. The summed E-state index contributed by atoms with van der Waals surface area (Å²) in [6, 6.07) is 24.6. The van der Waals surface area contributed by atoms with Crippen molar-refractivity contribution in [3.63, 3.8) is 0 Å². The molecule has 0 unspecified atom stereocenters. The van der Waals surface area contributed by atoms with Crippen LogP contribution in [0.25, 0.3) is 24.3 Å². The second-order valence-electron chi connectivity index (χ2n) is 12.0. The lowest BCUT2D eigenvalue weighted by atomic mass is 10.1. The van der Waals surface area contributed by atoms with Crippen LogP contribution in [0, 0.1) is 26.8 Å². The van der Waals surface area contributed by atoms with Crippen molar-refractivity contribution in [2.24, 2.45) is 0 Å². The van der Waals surface area contributed by atoms with Gasteiger partial charge in [-0.3, -0.25) is 9.97 Å². The van der Waals surface area contributed by atoms with Crippen LogP contribution in [0.1, 0.15) is 87.5 Å². The van der Waals surface area contributed by atoms with Crippen LogP contribution in [-0.4, -0.2) is 23.2 Å². The van der Waals surface area contributed by atoms with Crippen molar-refractivity contribution in [2.75, 3.05) is 13.2 Å². The number of benzene rings is 3. The van der Waals surface area contributed by atoms with Gasteiger partial charge in [-0.05, 0) is 106 Å². The first-order valence-corrected chi connectivity index (χ1v) is 19.0. The zero-order chi connectivity index (χ0) is 38.1. The summed E-state index contributed by atoms with van der Waals surface area (Å²) < 4.78 is 60.0. The minimum Gasteiger partial charge on any atom is -0.494 e. The first-order valence-electron chi connectivity index (χ1n) is 17.9. The van der Waals surface area contributed by atoms with Gasteiger partial charge in [-0.25, -0.2) is 17.6 Å². The Kier molecular flexibility index (Phi) is 20.6. The number of unbranched alkanes of at least 4 members (excludes halogenated alkanes) is 6. The van der Waals surface area contributed by atoms with Crippen LogP contribution in [0.2, 0.25) is 0 Å². The van der Waals surface area contributed by atoms with Gasteiger partial charge in [-0.15, -0.1) is 0 Å². The lowest BCUT2D eigenvalue weighted by molar-refractivity contribution is 0.305. The Labute approximate surface area is 325 Å². The van der Waals surface area contributed by atoms with Gasteiger partial charge in [0.25, 0.3) is 0 Å². The van der Waals surface area contributed by atoms with Gasteiger partial charge in [0.05, 0.1) is 16.8 Å². The molecule has 0 amide bonds. The van der Waals surface area contributed by atoms with Crippen molar-refractivity contribution in [2.45, 2.75) is 65.2 Å². The molecule has 0 saturated heterocycles. The molecule has 0 aliphatic carbocycles. The molecule has 9 heteroatoms. The number of rotatable bonds is 16. The Bertz CT molecular complexity index is 1660. The Morgan fingerprint density at radius 1 is 0.491 bits per heavy atom. The predicted octanol–water partition coefficient (Wildman–Crippen LogP) is 13.3. The maximum absolute atomic E-state index is 12.4. The van der Waals surface area contributed by atoms with Gasteiger partial charge in [0.15, 0.2) is 23.3 Å². The SMILES string of the molecule is CCCCCCOc1ccc(/C=C/c2ccncc2)cc1.CCCCCCOc1ccc(/C=C/c2ccncc2)cc1.Fc1cc(F)c(F)c(I)c1F. The number of halogens is 5. The van der Waals surface area contributed by atoms with E-state index in [2.05, 4.69) is 72.4 Å². The van der Waals surface area contributed by atoms with Crippen molar-refractivity contribution < 1.29 is 27.0 Å². The summed E-state index contributed by atoms with van der Waals surface area (Å²) in [5, 5.41) is 0. The maximum Gasteiger partial charge on any atom is 0.175 e. The molecule has 3 aromatic carbocycles. The summed E-state index contributed by atoms with van der Waals surface area (Å²) in [5.41, 5.74) is 4.65. The van der Waals surface area contributed by atoms with Gasteiger partial charge in [-0.1, -0.05) is 101 Å². The second-order valence-corrected chi connectivity index (χ2v) is 13.0. The summed E-state index contributed by atoms with van der Waals surface area (Å²) in [4.78, 5) is 8.02. The van der Waals surface area contributed by atoms with Gasteiger partial charge in [0, 0.05) is 30.9 Å². The lowest BCUT2D eigenvalue weighted by Crippen LogP contribution is -1.97. The zero-order valence-electron chi connectivity index (χ0n) is 30.3. The Balaban J connectivity index is 0.000000225. The number of ether oxygens (including phenoxy) is 2. The van der Waals surface area contributed by atoms with E-state index in [0.717, 1.165) is 48.7 Å². The predicted molar refractivity (Wildman–Crippen MR) is 217 cm³/mol. The van der Waals surface area contributed by atoms with E-state index in [0.29, 0.717) is 0 Å². The highest BCUT2D eigenvalue weighted by atomic mass is 127. The highest BCUT2D eigenvalue weighted by molar-refractivity contribution is 14.1. The number of hydrogen-bond acceptors (Lipinski definition) is 4. The fraction of sp³-hybridized carbons (Fsp3) is 0.273. The van der Waals surface area contributed by atoms with E-state index in [1.54, 1.807) is 24.8 Å². The van der Waals surface area contributed by atoms with Crippen LogP contribution >= 0.6 is 22.6 Å². The van der Waals surface area contributed by atoms with Crippen LogP contribution in [0.5, 0.6) is 11.5 Å².